The van der Waals surface area contributed by atoms with Gasteiger partial charge in [-0.05, 0) is 49.9 Å². The molecule has 22 heavy (non-hydrogen) atoms. The van der Waals surface area contributed by atoms with Gasteiger partial charge in [0.2, 0.25) is 0 Å². The predicted molar refractivity (Wildman–Crippen MR) is 84.7 cm³/mol. The van der Waals surface area contributed by atoms with Crippen molar-refractivity contribution in [2.24, 2.45) is 0 Å². The number of amides is 1. The van der Waals surface area contributed by atoms with Crippen molar-refractivity contribution < 1.29 is 17.9 Å². The molecule has 1 atom stereocenters. The highest BCUT2D eigenvalue weighted by Gasteiger charge is 2.25. The Bertz CT molecular complexity index is 610. The van der Waals surface area contributed by atoms with Crippen molar-refractivity contribution in [3.63, 3.8) is 0 Å². The summed E-state index contributed by atoms with van der Waals surface area (Å²) >= 11 is 0. The van der Waals surface area contributed by atoms with Crippen molar-refractivity contribution in [2.75, 3.05) is 19.4 Å². The third kappa shape index (κ3) is 4.22. The summed E-state index contributed by atoms with van der Waals surface area (Å²) in [6, 6.07) is 6.46. The maximum Gasteiger partial charge on any atom is 0.260 e. The highest BCUT2D eigenvalue weighted by molar-refractivity contribution is 7.90. The molecule has 0 spiro atoms. The van der Waals surface area contributed by atoms with Gasteiger partial charge < -0.3 is 9.64 Å². The lowest BCUT2D eigenvalue weighted by Crippen LogP contribution is -2.45. The Morgan fingerprint density at radius 3 is 2.55 bits per heavy atom. The summed E-state index contributed by atoms with van der Waals surface area (Å²) in [7, 11) is -3.21. The first-order valence-electron chi connectivity index (χ1n) is 7.64. The van der Waals surface area contributed by atoms with Gasteiger partial charge in [0, 0.05) is 18.8 Å². The summed E-state index contributed by atoms with van der Waals surface area (Å²) < 4.78 is 28.3. The van der Waals surface area contributed by atoms with E-state index in [9.17, 15) is 13.2 Å². The molecule has 0 N–H and O–H groups in total. The van der Waals surface area contributed by atoms with E-state index < -0.39 is 9.84 Å². The lowest BCUT2D eigenvalue weighted by Gasteiger charge is -2.35. The van der Waals surface area contributed by atoms with Gasteiger partial charge in [-0.25, -0.2) is 8.42 Å². The first-order valence-corrected chi connectivity index (χ1v) is 9.53. The van der Waals surface area contributed by atoms with E-state index in [1.807, 2.05) is 4.90 Å². The second-order valence-corrected chi connectivity index (χ2v) is 7.69. The van der Waals surface area contributed by atoms with Crippen LogP contribution in [0.25, 0.3) is 0 Å². The van der Waals surface area contributed by atoms with Gasteiger partial charge in [-0.15, -0.1) is 0 Å². The van der Waals surface area contributed by atoms with Crippen LogP contribution in [-0.4, -0.2) is 44.7 Å². The van der Waals surface area contributed by atoms with Crippen LogP contribution in [0.5, 0.6) is 5.75 Å². The number of piperidine rings is 1. The number of rotatable bonds is 5. The quantitative estimate of drug-likeness (QED) is 0.833. The fourth-order valence-electron chi connectivity index (χ4n) is 2.76. The van der Waals surface area contributed by atoms with Crippen molar-refractivity contribution in [1.82, 2.24) is 4.90 Å². The molecule has 0 aliphatic carbocycles. The van der Waals surface area contributed by atoms with Crippen LogP contribution in [0.1, 0.15) is 32.6 Å². The number of ether oxygens (including phenoxy) is 1. The number of likely N-dealkylation sites (tertiary alicyclic amines) is 1. The van der Waals surface area contributed by atoms with Gasteiger partial charge in [-0.1, -0.05) is 6.92 Å². The van der Waals surface area contributed by atoms with Crippen LogP contribution in [0, 0.1) is 0 Å². The summed E-state index contributed by atoms with van der Waals surface area (Å²) in [5.74, 6) is 0.504. The second kappa shape index (κ2) is 7.13. The molecule has 0 aromatic heterocycles. The first-order chi connectivity index (χ1) is 10.4. The number of sulfone groups is 1. The van der Waals surface area contributed by atoms with Crippen LogP contribution in [0.4, 0.5) is 0 Å². The molecule has 0 bridgehead atoms. The highest BCUT2D eigenvalue weighted by Crippen LogP contribution is 2.20. The third-order valence-electron chi connectivity index (χ3n) is 4.03. The Labute approximate surface area is 132 Å². The predicted octanol–water partition coefficient (Wildman–Crippen LogP) is 2.26. The molecule has 1 heterocycles. The molecular formula is C16H23NO4S. The molecule has 0 radical (unpaired) electrons. The van der Waals surface area contributed by atoms with Crippen molar-refractivity contribution in [3.05, 3.63) is 24.3 Å². The van der Waals surface area contributed by atoms with Gasteiger partial charge in [-0.2, -0.15) is 0 Å². The van der Waals surface area contributed by atoms with Crippen molar-refractivity contribution in [1.29, 1.82) is 0 Å². The molecule has 1 unspecified atom stereocenters. The zero-order chi connectivity index (χ0) is 16.2. The maximum atomic E-state index is 12.3. The topological polar surface area (TPSA) is 63.7 Å². The Balaban J connectivity index is 1.93. The monoisotopic (exact) mass is 325 g/mol. The largest absolute Gasteiger partial charge is 0.484 e. The molecule has 6 heteroatoms. The third-order valence-corrected chi connectivity index (χ3v) is 5.16. The Morgan fingerprint density at radius 2 is 1.95 bits per heavy atom. The number of benzene rings is 1. The van der Waals surface area contributed by atoms with Crippen LogP contribution < -0.4 is 4.74 Å². The average molecular weight is 325 g/mol. The van der Waals surface area contributed by atoms with Gasteiger partial charge in [0.05, 0.1) is 4.90 Å². The molecule has 122 valence electrons. The summed E-state index contributed by atoms with van der Waals surface area (Å²) in [5.41, 5.74) is 0. The van der Waals surface area contributed by atoms with Crippen molar-refractivity contribution in [3.8, 4) is 5.75 Å². The van der Waals surface area contributed by atoms with Gasteiger partial charge in [0.15, 0.2) is 16.4 Å². The Hall–Kier alpha value is -1.56. The molecule has 1 aliphatic rings. The zero-order valence-electron chi connectivity index (χ0n) is 13.1. The summed E-state index contributed by atoms with van der Waals surface area (Å²) in [5, 5.41) is 0. The standard InChI is InChI=1S/C16H23NO4S/c1-3-13-6-4-5-11-17(13)16(18)12-21-14-7-9-15(10-8-14)22(2,19)20/h7-10,13H,3-6,11-12H2,1-2H3. The SMILES string of the molecule is CCC1CCCCN1C(=O)COc1ccc(S(C)(=O)=O)cc1. The minimum absolute atomic E-state index is 0.00117. The number of hydrogen-bond acceptors (Lipinski definition) is 4. The van der Waals surface area contributed by atoms with Gasteiger partial charge >= 0.3 is 0 Å². The van der Waals surface area contributed by atoms with E-state index >= 15 is 0 Å². The van der Waals surface area contributed by atoms with Gasteiger partial charge in [0.1, 0.15) is 5.75 Å². The molecule has 1 aromatic rings. The summed E-state index contributed by atoms with van der Waals surface area (Å²) in [6.07, 6.45) is 5.41. The zero-order valence-corrected chi connectivity index (χ0v) is 13.9. The normalized spacial score (nSPS) is 19.0. The highest BCUT2D eigenvalue weighted by atomic mass is 32.2. The second-order valence-electron chi connectivity index (χ2n) is 5.68. The molecule has 1 aromatic carbocycles. The van der Waals surface area contributed by atoms with Crippen molar-refractivity contribution >= 4 is 15.7 Å². The number of nitrogens with zero attached hydrogens (tertiary/aromatic N) is 1. The molecule has 1 amide bonds. The Morgan fingerprint density at radius 1 is 1.27 bits per heavy atom. The van der Waals surface area contributed by atoms with Crippen LogP contribution in [-0.2, 0) is 14.6 Å². The molecule has 1 fully saturated rings. The van der Waals surface area contributed by atoms with Gasteiger partial charge in [-0.3, -0.25) is 4.79 Å². The van der Waals surface area contributed by atoms with Crippen LogP contribution in [0.15, 0.2) is 29.2 Å². The fourth-order valence-corrected chi connectivity index (χ4v) is 3.39. The average Bonchev–Trinajstić information content (AvgIpc) is 2.52. The van der Waals surface area contributed by atoms with E-state index in [0.717, 1.165) is 32.1 Å². The molecule has 5 nitrogen and oxygen atoms in total. The van der Waals surface area contributed by atoms with Crippen LogP contribution in [0.3, 0.4) is 0 Å². The molecule has 0 saturated carbocycles. The van der Waals surface area contributed by atoms with Crippen LogP contribution in [0.2, 0.25) is 0 Å². The van der Waals surface area contributed by atoms with E-state index in [4.69, 9.17) is 4.74 Å². The van der Waals surface area contributed by atoms with Crippen molar-refractivity contribution in [2.45, 2.75) is 43.5 Å². The van der Waals surface area contributed by atoms with E-state index in [-0.39, 0.29) is 17.4 Å². The van der Waals surface area contributed by atoms with E-state index in [2.05, 4.69) is 6.92 Å². The molecule has 1 aliphatic heterocycles. The maximum absolute atomic E-state index is 12.3. The molecule has 2 rings (SSSR count). The van der Waals surface area contributed by atoms with Gasteiger partial charge in [0.25, 0.3) is 5.91 Å². The minimum Gasteiger partial charge on any atom is -0.484 e. The lowest BCUT2D eigenvalue weighted by atomic mass is 10.00. The smallest absolute Gasteiger partial charge is 0.260 e. The summed E-state index contributed by atoms with van der Waals surface area (Å²) in [6.45, 7) is 2.89. The molecular weight excluding hydrogens is 302 g/mol. The first kappa shape index (κ1) is 16.8. The van der Waals surface area contributed by atoms with E-state index in [0.29, 0.717) is 11.8 Å². The van der Waals surface area contributed by atoms with E-state index in [1.165, 1.54) is 18.6 Å². The summed E-state index contributed by atoms with van der Waals surface area (Å²) in [4.78, 5) is 14.4. The minimum atomic E-state index is -3.21. The van der Waals surface area contributed by atoms with Crippen LogP contribution >= 0.6 is 0 Å². The number of carbonyl (C=O) groups excluding carboxylic acids is 1. The Kier molecular flexibility index (Phi) is 5.45. The fraction of sp³-hybridized carbons (Fsp3) is 0.562. The lowest BCUT2D eigenvalue weighted by molar-refractivity contribution is -0.137. The van der Waals surface area contributed by atoms with E-state index in [1.54, 1.807) is 12.1 Å². The molecule has 1 saturated heterocycles. The number of carbonyl (C=O) groups is 1. The number of hydrogen-bond donors (Lipinski definition) is 0.